The molecule has 2 rings (SSSR count). The Balaban J connectivity index is 2.12. The number of hydrogen-bond acceptors (Lipinski definition) is 4. The number of benzene rings is 1. The van der Waals surface area contributed by atoms with Crippen LogP contribution in [-0.4, -0.2) is 22.8 Å². The van der Waals surface area contributed by atoms with E-state index in [1.807, 2.05) is 0 Å². The molecule has 1 atom stereocenters. The second kappa shape index (κ2) is 6.65. The summed E-state index contributed by atoms with van der Waals surface area (Å²) >= 11 is 1.25. The van der Waals surface area contributed by atoms with Crippen molar-refractivity contribution in [2.75, 3.05) is 0 Å². The van der Waals surface area contributed by atoms with Crippen LogP contribution in [0.4, 0.5) is 4.39 Å². The van der Waals surface area contributed by atoms with Crippen molar-refractivity contribution in [1.29, 1.82) is 0 Å². The van der Waals surface area contributed by atoms with Gasteiger partial charge < -0.3 is 11.1 Å². The fourth-order valence-electron chi connectivity index (χ4n) is 1.85. The number of thiazole rings is 1. The van der Waals surface area contributed by atoms with Gasteiger partial charge in [-0.1, -0.05) is 12.1 Å². The van der Waals surface area contributed by atoms with Gasteiger partial charge in [-0.15, -0.1) is 11.3 Å². The number of hydrogen-bond donors (Lipinski definition) is 2. The first-order valence-corrected chi connectivity index (χ1v) is 7.49. The zero-order chi connectivity index (χ0) is 16.3. The largest absolute Gasteiger partial charge is 0.368 e. The molecule has 0 aliphatic carbocycles. The molecule has 0 spiro atoms. The number of nitrogens with two attached hydrogens (primary N) is 1. The Kier molecular flexibility index (Phi) is 4.87. The molecule has 3 N–H and O–H groups in total. The van der Waals surface area contributed by atoms with E-state index in [1.165, 1.54) is 30.4 Å². The van der Waals surface area contributed by atoms with E-state index >= 15 is 0 Å². The fraction of sp³-hybridized carbons (Fsp3) is 0.267. The van der Waals surface area contributed by atoms with Gasteiger partial charge in [0.05, 0.1) is 10.7 Å². The summed E-state index contributed by atoms with van der Waals surface area (Å²) < 4.78 is 12.9. The van der Waals surface area contributed by atoms with Gasteiger partial charge in [0.15, 0.2) is 0 Å². The van der Waals surface area contributed by atoms with Crippen LogP contribution < -0.4 is 11.1 Å². The highest BCUT2D eigenvalue weighted by Gasteiger charge is 2.19. The molecule has 1 aromatic heterocycles. The lowest BCUT2D eigenvalue weighted by atomic mass is 10.1. The molecule has 0 saturated carbocycles. The normalized spacial score (nSPS) is 12.0. The number of amides is 2. The second-order valence-electron chi connectivity index (χ2n) is 4.92. The Labute approximate surface area is 131 Å². The third kappa shape index (κ3) is 3.88. The molecule has 2 aromatic rings. The first-order valence-electron chi connectivity index (χ1n) is 6.67. The van der Waals surface area contributed by atoms with Gasteiger partial charge in [-0.25, -0.2) is 9.37 Å². The maximum absolute atomic E-state index is 12.9. The van der Waals surface area contributed by atoms with Crippen molar-refractivity contribution in [2.24, 2.45) is 5.73 Å². The van der Waals surface area contributed by atoms with Crippen molar-refractivity contribution in [1.82, 2.24) is 10.3 Å². The highest BCUT2D eigenvalue weighted by atomic mass is 32.1. The number of aromatic nitrogens is 1. The van der Waals surface area contributed by atoms with E-state index < -0.39 is 11.9 Å². The smallest absolute Gasteiger partial charge is 0.263 e. The summed E-state index contributed by atoms with van der Waals surface area (Å²) in [6.45, 7) is 3.25. The number of aryl methyl sites for hydroxylation is 1. The molecule has 1 unspecified atom stereocenters. The van der Waals surface area contributed by atoms with Crippen LogP contribution in [0.5, 0.6) is 0 Å². The highest BCUT2D eigenvalue weighted by molar-refractivity contribution is 7.13. The lowest BCUT2D eigenvalue weighted by molar-refractivity contribution is -0.119. The minimum absolute atomic E-state index is 0.292. The summed E-state index contributed by atoms with van der Waals surface area (Å²) in [7, 11) is 0. The van der Waals surface area contributed by atoms with Crippen LogP contribution >= 0.6 is 11.3 Å². The van der Waals surface area contributed by atoms with E-state index in [2.05, 4.69) is 10.3 Å². The molecular weight excluding hydrogens is 305 g/mol. The summed E-state index contributed by atoms with van der Waals surface area (Å²) in [4.78, 5) is 27.9. The topological polar surface area (TPSA) is 85.1 Å². The van der Waals surface area contributed by atoms with E-state index in [-0.39, 0.29) is 11.7 Å². The molecule has 116 valence electrons. The molecule has 7 heteroatoms. The van der Waals surface area contributed by atoms with E-state index in [9.17, 15) is 14.0 Å². The molecule has 5 nitrogen and oxygen atoms in total. The third-order valence-electron chi connectivity index (χ3n) is 3.09. The molecule has 0 aliphatic heterocycles. The van der Waals surface area contributed by atoms with E-state index in [0.717, 1.165) is 10.6 Å². The van der Waals surface area contributed by atoms with Crippen LogP contribution in [0, 0.1) is 12.7 Å². The predicted octanol–water partition coefficient (Wildman–Crippen LogP) is 1.79. The Bertz CT molecular complexity index is 697. The fourth-order valence-corrected chi connectivity index (χ4v) is 2.85. The van der Waals surface area contributed by atoms with Crippen molar-refractivity contribution < 1.29 is 14.0 Å². The van der Waals surface area contributed by atoms with Crippen LogP contribution in [0.1, 0.15) is 32.9 Å². The van der Waals surface area contributed by atoms with Crippen LogP contribution in [0.3, 0.4) is 0 Å². The van der Waals surface area contributed by atoms with Crippen molar-refractivity contribution in [2.45, 2.75) is 26.3 Å². The number of nitrogens with one attached hydrogen (secondary N) is 1. The zero-order valence-corrected chi connectivity index (χ0v) is 13.0. The van der Waals surface area contributed by atoms with Gasteiger partial charge in [0, 0.05) is 6.42 Å². The Morgan fingerprint density at radius 2 is 2.00 bits per heavy atom. The lowest BCUT2D eigenvalue weighted by Gasteiger charge is -2.08. The first-order chi connectivity index (χ1) is 10.4. The molecule has 2 amide bonds. The van der Waals surface area contributed by atoms with Crippen LogP contribution in [0.25, 0.3) is 0 Å². The molecule has 0 saturated heterocycles. The summed E-state index contributed by atoms with van der Waals surface area (Å²) in [5.74, 6) is -1.26. The SMILES string of the molecule is Cc1nc(Cc2ccc(F)cc2)sc1C(=O)NC(C)C(N)=O. The third-order valence-corrected chi connectivity index (χ3v) is 4.25. The van der Waals surface area contributed by atoms with Gasteiger partial charge in [-0.2, -0.15) is 0 Å². The number of carbonyl (C=O) groups excluding carboxylic acids is 2. The van der Waals surface area contributed by atoms with E-state index in [4.69, 9.17) is 5.73 Å². The molecule has 0 radical (unpaired) electrons. The van der Waals surface area contributed by atoms with Crippen molar-refractivity contribution in [3.8, 4) is 0 Å². The summed E-state index contributed by atoms with van der Waals surface area (Å²) in [5, 5.41) is 3.28. The van der Waals surface area contributed by atoms with Crippen LogP contribution in [-0.2, 0) is 11.2 Å². The molecule has 1 aromatic carbocycles. The first kappa shape index (κ1) is 16.1. The summed E-state index contributed by atoms with van der Waals surface area (Å²) in [6.07, 6.45) is 0.518. The van der Waals surface area contributed by atoms with Crippen molar-refractivity contribution >= 4 is 23.2 Å². The molecule has 0 aliphatic rings. The maximum atomic E-state index is 12.9. The van der Waals surface area contributed by atoms with Gasteiger partial charge in [-0.05, 0) is 31.5 Å². The van der Waals surface area contributed by atoms with Crippen molar-refractivity contribution in [3.05, 3.63) is 51.2 Å². The minimum atomic E-state index is -0.741. The predicted molar refractivity (Wildman–Crippen MR) is 82.2 cm³/mol. The maximum Gasteiger partial charge on any atom is 0.263 e. The monoisotopic (exact) mass is 321 g/mol. The average Bonchev–Trinajstić information content (AvgIpc) is 2.82. The van der Waals surface area contributed by atoms with Crippen LogP contribution in [0.15, 0.2) is 24.3 Å². The number of nitrogens with zero attached hydrogens (tertiary/aromatic N) is 1. The number of carbonyl (C=O) groups is 2. The van der Waals surface area contributed by atoms with Gasteiger partial charge in [0.2, 0.25) is 5.91 Å². The number of rotatable bonds is 5. The zero-order valence-electron chi connectivity index (χ0n) is 12.2. The van der Waals surface area contributed by atoms with Gasteiger partial charge in [0.1, 0.15) is 16.7 Å². The minimum Gasteiger partial charge on any atom is -0.368 e. The number of primary amides is 1. The quantitative estimate of drug-likeness (QED) is 0.880. The van der Waals surface area contributed by atoms with Crippen molar-refractivity contribution in [3.63, 3.8) is 0 Å². The Hall–Kier alpha value is -2.28. The Morgan fingerprint density at radius 1 is 1.36 bits per heavy atom. The van der Waals surface area contributed by atoms with Gasteiger partial charge in [-0.3, -0.25) is 9.59 Å². The lowest BCUT2D eigenvalue weighted by Crippen LogP contribution is -2.42. The summed E-state index contributed by atoms with van der Waals surface area (Å²) in [5.41, 5.74) is 6.63. The second-order valence-corrected chi connectivity index (χ2v) is 6.01. The van der Waals surface area contributed by atoms with E-state index in [0.29, 0.717) is 17.0 Å². The van der Waals surface area contributed by atoms with E-state index in [1.54, 1.807) is 19.1 Å². The van der Waals surface area contributed by atoms with Gasteiger partial charge in [0.25, 0.3) is 5.91 Å². The average molecular weight is 321 g/mol. The van der Waals surface area contributed by atoms with Gasteiger partial charge >= 0.3 is 0 Å². The molecule has 0 fully saturated rings. The summed E-state index contributed by atoms with van der Waals surface area (Å²) in [6, 6.07) is 5.40. The molecule has 0 bridgehead atoms. The highest BCUT2D eigenvalue weighted by Crippen LogP contribution is 2.21. The standard InChI is InChI=1S/C15H16FN3O2S/c1-8-13(15(21)19-9(2)14(17)20)22-12(18-8)7-10-3-5-11(16)6-4-10/h3-6,9H,7H2,1-2H3,(H2,17,20)(H,19,21). The van der Waals surface area contributed by atoms with Crippen LogP contribution in [0.2, 0.25) is 0 Å². The molecule has 1 heterocycles. The molecular formula is C15H16FN3O2S. The number of halogens is 1. The molecule has 22 heavy (non-hydrogen) atoms. The Morgan fingerprint density at radius 3 is 2.59 bits per heavy atom.